The lowest BCUT2D eigenvalue weighted by molar-refractivity contribution is -0.146. The van der Waals surface area contributed by atoms with Crippen LogP contribution in [0.1, 0.15) is 42.1 Å². The monoisotopic (exact) mass is 512 g/mol. The molecule has 2 aromatic rings. The summed E-state index contributed by atoms with van der Waals surface area (Å²) in [5.41, 5.74) is 1.75. The van der Waals surface area contributed by atoms with Crippen molar-refractivity contribution in [3.63, 3.8) is 0 Å². The molecular weight excluding hydrogens is 480 g/mol. The Labute approximate surface area is 222 Å². The average molecular weight is 513 g/mol. The molecule has 7 heteroatoms. The van der Waals surface area contributed by atoms with E-state index < -0.39 is 17.9 Å². The van der Waals surface area contributed by atoms with Crippen LogP contribution in [-0.2, 0) is 25.5 Å². The van der Waals surface area contributed by atoms with Crippen LogP contribution in [0.25, 0.3) is 0 Å². The summed E-state index contributed by atoms with van der Waals surface area (Å²) in [5, 5.41) is 2.88. The third-order valence-electron chi connectivity index (χ3n) is 8.70. The van der Waals surface area contributed by atoms with Gasteiger partial charge in [-0.05, 0) is 66.3 Å². The van der Waals surface area contributed by atoms with E-state index in [0.717, 1.165) is 24.8 Å². The Balaban J connectivity index is 1.22. The molecule has 7 rings (SSSR count). The third kappa shape index (κ3) is 4.24. The van der Waals surface area contributed by atoms with Crippen LogP contribution in [0.5, 0.6) is 0 Å². The van der Waals surface area contributed by atoms with Gasteiger partial charge in [-0.25, -0.2) is 4.79 Å². The topological polar surface area (TPSA) is 92.8 Å². The summed E-state index contributed by atoms with van der Waals surface area (Å²) in [6.45, 7) is 2.39. The third-order valence-corrected chi connectivity index (χ3v) is 8.70. The fourth-order valence-corrected chi connectivity index (χ4v) is 6.73. The van der Waals surface area contributed by atoms with E-state index in [1.807, 2.05) is 37.3 Å². The minimum atomic E-state index is -0.961. The molecule has 1 N–H and O–H groups in total. The van der Waals surface area contributed by atoms with Crippen molar-refractivity contribution in [3.8, 4) is 0 Å². The molecular formula is C31H32N2O5. The highest BCUT2D eigenvalue weighted by Crippen LogP contribution is 2.65. The van der Waals surface area contributed by atoms with Crippen LogP contribution in [0.2, 0.25) is 0 Å². The van der Waals surface area contributed by atoms with Crippen LogP contribution >= 0.6 is 0 Å². The Hall–Kier alpha value is -3.74. The zero-order valence-corrected chi connectivity index (χ0v) is 21.4. The number of rotatable bonds is 9. The molecule has 1 aliphatic heterocycles. The number of carbonyl (C=O) groups is 4. The predicted octanol–water partition coefficient (Wildman–Crippen LogP) is 4.25. The molecule has 1 heterocycles. The van der Waals surface area contributed by atoms with E-state index in [1.165, 1.54) is 4.90 Å². The fourth-order valence-electron chi connectivity index (χ4n) is 6.73. The number of carbonyl (C=O) groups excluding carboxylic acids is 4. The summed E-state index contributed by atoms with van der Waals surface area (Å²) in [6, 6.07) is 15.0. The Kier molecular flexibility index (Phi) is 6.38. The second-order valence-electron chi connectivity index (χ2n) is 11.0. The van der Waals surface area contributed by atoms with Crippen molar-refractivity contribution in [2.75, 3.05) is 11.9 Å². The van der Waals surface area contributed by atoms with Gasteiger partial charge in [-0.3, -0.25) is 19.3 Å². The van der Waals surface area contributed by atoms with E-state index in [4.69, 9.17) is 4.74 Å². The quantitative estimate of drug-likeness (QED) is 0.235. The number of likely N-dealkylation sites (tertiary alicyclic amines) is 1. The molecule has 3 amide bonds. The van der Waals surface area contributed by atoms with Gasteiger partial charge in [-0.1, -0.05) is 55.8 Å². The molecule has 7 atom stereocenters. The number of nitrogens with zero attached hydrogens (tertiary/aromatic N) is 1. The molecule has 2 aromatic carbocycles. The average Bonchev–Trinajstić information content (AvgIpc) is 3.72. The zero-order chi connectivity index (χ0) is 26.4. The highest BCUT2D eigenvalue weighted by molar-refractivity contribution is 6.10. The van der Waals surface area contributed by atoms with Gasteiger partial charge in [0.25, 0.3) is 0 Å². The number of hydrogen-bond donors (Lipinski definition) is 1. The van der Waals surface area contributed by atoms with Gasteiger partial charge in [0.05, 0.1) is 24.0 Å². The maximum absolute atomic E-state index is 13.8. The van der Waals surface area contributed by atoms with E-state index in [9.17, 15) is 19.2 Å². The highest BCUT2D eigenvalue weighted by atomic mass is 16.5. The molecule has 0 aromatic heterocycles. The summed E-state index contributed by atoms with van der Waals surface area (Å²) in [7, 11) is 0. The summed E-state index contributed by atoms with van der Waals surface area (Å²) < 4.78 is 5.25. The van der Waals surface area contributed by atoms with Crippen molar-refractivity contribution < 1.29 is 23.9 Å². The maximum Gasteiger partial charge on any atom is 0.338 e. The molecule has 0 spiro atoms. The largest absolute Gasteiger partial charge is 0.462 e. The molecule has 38 heavy (non-hydrogen) atoms. The number of benzene rings is 2. The van der Waals surface area contributed by atoms with Crippen molar-refractivity contribution in [1.29, 1.82) is 0 Å². The first-order chi connectivity index (χ1) is 18.5. The van der Waals surface area contributed by atoms with Crippen LogP contribution < -0.4 is 5.32 Å². The van der Waals surface area contributed by atoms with Crippen molar-refractivity contribution in [3.05, 3.63) is 77.9 Å². The smallest absolute Gasteiger partial charge is 0.338 e. The van der Waals surface area contributed by atoms with E-state index in [2.05, 4.69) is 17.5 Å². The van der Waals surface area contributed by atoms with Crippen LogP contribution in [0, 0.1) is 35.5 Å². The molecule has 7 nitrogen and oxygen atoms in total. The van der Waals surface area contributed by atoms with Gasteiger partial charge < -0.3 is 10.1 Å². The van der Waals surface area contributed by atoms with E-state index in [1.54, 1.807) is 24.3 Å². The Morgan fingerprint density at radius 1 is 0.947 bits per heavy atom. The number of esters is 1. The van der Waals surface area contributed by atoms with Gasteiger partial charge in [0.15, 0.2) is 0 Å². The lowest BCUT2D eigenvalue weighted by Crippen LogP contribution is -2.49. The van der Waals surface area contributed by atoms with E-state index in [0.29, 0.717) is 29.7 Å². The standard InChI is InChI=1S/C31H32N2O5/c1-2-3-15-38-31(37)19-9-11-20(12-10-19)32-28(34)25(16-18-7-5-4-6-8-18)33-29(35)26-21-13-14-22(24-17-23(21)24)27(26)30(33)36/h4-14,21-27H,2-3,15-17H2,1H3,(H,32,34)/t21-,22-,23-,24-,25-,26+,27+/m1/s1. The van der Waals surface area contributed by atoms with Gasteiger partial charge in [0.2, 0.25) is 17.7 Å². The molecule has 1 saturated heterocycles. The van der Waals surface area contributed by atoms with Gasteiger partial charge >= 0.3 is 5.97 Å². The second-order valence-corrected chi connectivity index (χ2v) is 11.0. The normalized spacial score (nSPS) is 29.0. The summed E-state index contributed by atoms with van der Waals surface area (Å²) in [4.78, 5) is 54.7. The minimum absolute atomic E-state index is 0.0986. The lowest BCUT2D eigenvalue weighted by Gasteiger charge is -2.37. The highest BCUT2D eigenvalue weighted by Gasteiger charge is 2.67. The molecule has 0 unspecified atom stereocenters. The first kappa shape index (κ1) is 24.6. The zero-order valence-electron chi connectivity index (χ0n) is 21.4. The van der Waals surface area contributed by atoms with Crippen molar-refractivity contribution >= 4 is 29.4 Å². The summed E-state index contributed by atoms with van der Waals surface area (Å²) in [5.74, 6) is -0.781. The molecule has 0 radical (unpaired) electrons. The van der Waals surface area contributed by atoms with E-state index >= 15 is 0 Å². The molecule has 3 fully saturated rings. The first-order valence-electron chi connectivity index (χ1n) is 13.6. The SMILES string of the molecule is CCCCOC(=O)c1ccc(NC(=O)[C@@H](Cc2ccccc2)N2C(=O)[C@H]3[C@@H]4C=C[C@H]([C@H]5C[C@H]45)[C@@H]3C2=O)cc1. The van der Waals surface area contributed by atoms with Crippen molar-refractivity contribution in [2.45, 2.75) is 38.6 Å². The van der Waals surface area contributed by atoms with Crippen molar-refractivity contribution in [1.82, 2.24) is 4.90 Å². The van der Waals surface area contributed by atoms with Crippen LogP contribution in [-0.4, -0.2) is 41.2 Å². The number of imide groups is 1. The lowest BCUT2D eigenvalue weighted by atomic mass is 9.63. The molecule has 5 aliphatic rings. The number of allylic oxidation sites excluding steroid dienone is 2. The number of anilines is 1. The maximum atomic E-state index is 13.8. The van der Waals surface area contributed by atoms with Gasteiger partial charge in [0, 0.05) is 12.1 Å². The molecule has 4 aliphatic carbocycles. The van der Waals surface area contributed by atoms with Gasteiger partial charge in [-0.15, -0.1) is 0 Å². The van der Waals surface area contributed by atoms with Crippen LogP contribution in [0.4, 0.5) is 5.69 Å². The number of ether oxygens (including phenoxy) is 1. The summed E-state index contributed by atoms with van der Waals surface area (Å²) >= 11 is 0. The number of nitrogens with one attached hydrogen (secondary N) is 1. The number of unbranched alkanes of at least 4 members (excludes halogenated alkanes) is 1. The van der Waals surface area contributed by atoms with Gasteiger partial charge in [0.1, 0.15) is 6.04 Å². The Morgan fingerprint density at radius 3 is 2.18 bits per heavy atom. The van der Waals surface area contributed by atoms with Crippen LogP contribution in [0.3, 0.4) is 0 Å². The molecule has 2 saturated carbocycles. The Bertz CT molecular complexity index is 1250. The minimum Gasteiger partial charge on any atom is -0.462 e. The number of amides is 3. The van der Waals surface area contributed by atoms with Crippen molar-refractivity contribution in [2.24, 2.45) is 35.5 Å². The fraction of sp³-hybridized carbons (Fsp3) is 0.419. The molecule has 2 bridgehead atoms. The second kappa shape index (κ2) is 9.86. The molecule has 196 valence electrons. The number of hydrogen-bond acceptors (Lipinski definition) is 5. The van der Waals surface area contributed by atoms with Gasteiger partial charge in [-0.2, -0.15) is 0 Å². The van der Waals surface area contributed by atoms with E-state index in [-0.39, 0.29) is 41.9 Å². The Morgan fingerprint density at radius 2 is 1.58 bits per heavy atom. The predicted molar refractivity (Wildman–Crippen MR) is 141 cm³/mol. The van der Waals surface area contributed by atoms with Crippen LogP contribution in [0.15, 0.2) is 66.7 Å². The summed E-state index contributed by atoms with van der Waals surface area (Å²) in [6.07, 6.45) is 7.33. The first-order valence-corrected chi connectivity index (χ1v) is 13.6.